The number of carbonyl (C=O) groups is 1. The molecule has 118 valence electrons. The molecule has 1 amide bonds. The van der Waals surface area contributed by atoms with Crippen molar-refractivity contribution in [2.45, 2.75) is 31.9 Å². The molecule has 0 spiro atoms. The van der Waals surface area contributed by atoms with Crippen LogP contribution >= 0.6 is 0 Å². The number of fused-ring (bicyclic) bond motifs is 1. The highest BCUT2D eigenvalue weighted by Crippen LogP contribution is 2.33. The van der Waals surface area contributed by atoms with E-state index in [1.54, 1.807) is 14.2 Å². The number of hydrogen-bond donors (Lipinski definition) is 1. The van der Waals surface area contributed by atoms with Gasteiger partial charge in [0.1, 0.15) is 11.4 Å². The van der Waals surface area contributed by atoms with Gasteiger partial charge in [-0.3, -0.25) is 4.79 Å². The Kier molecular flexibility index (Phi) is 3.60. The van der Waals surface area contributed by atoms with Crippen molar-refractivity contribution in [2.75, 3.05) is 20.8 Å². The van der Waals surface area contributed by atoms with Gasteiger partial charge in [0.15, 0.2) is 0 Å². The molecule has 5 heteroatoms. The Balaban J connectivity index is 1.96. The van der Waals surface area contributed by atoms with Gasteiger partial charge >= 0.3 is 0 Å². The second-order valence-electron chi connectivity index (χ2n) is 6.39. The van der Waals surface area contributed by atoms with E-state index in [2.05, 4.69) is 18.8 Å². The van der Waals surface area contributed by atoms with E-state index in [-0.39, 0.29) is 17.6 Å². The van der Waals surface area contributed by atoms with Gasteiger partial charge in [-0.2, -0.15) is 0 Å². The summed E-state index contributed by atoms with van der Waals surface area (Å²) in [6, 6.07) is 7.62. The summed E-state index contributed by atoms with van der Waals surface area (Å²) in [5.41, 5.74) is 1.28. The molecule has 22 heavy (non-hydrogen) atoms. The zero-order valence-corrected chi connectivity index (χ0v) is 13.5. The second-order valence-corrected chi connectivity index (χ2v) is 6.39. The van der Waals surface area contributed by atoms with E-state index >= 15 is 0 Å². The number of aromatic amines is 1. The molecule has 1 aliphatic rings. The Morgan fingerprint density at radius 3 is 2.77 bits per heavy atom. The fourth-order valence-corrected chi connectivity index (χ4v) is 3.26. The van der Waals surface area contributed by atoms with E-state index in [9.17, 15) is 4.79 Å². The molecule has 1 aromatic carbocycles. The summed E-state index contributed by atoms with van der Waals surface area (Å²) in [4.78, 5) is 18.0. The number of rotatable bonds is 3. The number of hydrogen-bond acceptors (Lipinski definition) is 3. The number of H-pyrrole nitrogens is 1. The lowest BCUT2D eigenvalue weighted by Gasteiger charge is -2.30. The molecule has 0 saturated carbocycles. The highest BCUT2D eigenvalue weighted by molar-refractivity contribution is 6.00. The van der Waals surface area contributed by atoms with Gasteiger partial charge in [-0.15, -0.1) is 0 Å². The van der Waals surface area contributed by atoms with Crippen molar-refractivity contribution in [1.82, 2.24) is 9.88 Å². The molecule has 0 bridgehead atoms. The maximum atomic E-state index is 12.9. The molecule has 3 rings (SSSR count). The predicted octanol–water partition coefficient (Wildman–Crippen LogP) is 2.82. The third-order valence-electron chi connectivity index (χ3n) is 4.50. The molecular formula is C17H22N2O3. The molecule has 1 unspecified atom stereocenters. The van der Waals surface area contributed by atoms with Gasteiger partial charge in [0, 0.05) is 30.1 Å². The first-order valence-electron chi connectivity index (χ1n) is 7.47. The fraction of sp³-hybridized carbons (Fsp3) is 0.471. The summed E-state index contributed by atoms with van der Waals surface area (Å²) in [5, 5.41) is 0.925. The van der Waals surface area contributed by atoms with Gasteiger partial charge in [-0.1, -0.05) is 6.07 Å². The first kappa shape index (κ1) is 14.9. The quantitative estimate of drug-likeness (QED) is 0.948. The van der Waals surface area contributed by atoms with Crippen molar-refractivity contribution in [3.8, 4) is 5.75 Å². The van der Waals surface area contributed by atoms with Crippen molar-refractivity contribution in [1.29, 1.82) is 0 Å². The molecule has 1 saturated heterocycles. The van der Waals surface area contributed by atoms with Crippen LogP contribution < -0.4 is 4.74 Å². The summed E-state index contributed by atoms with van der Waals surface area (Å²) >= 11 is 0. The van der Waals surface area contributed by atoms with Gasteiger partial charge < -0.3 is 19.4 Å². The van der Waals surface area contributed by atoms with Crippen LogP contribution in [-0.4, -0.2) is 48.2 Å². The normalized spacial score (nSPS) is 20.5. The van der Waals surface area contributed by atoms with Crippen LogP contribution in [0.5, 0.6) is 5.75 Å². The third-order valence-corrected chi connectivity index (χ3v) is 4.50. The number of amides is 1. The molecule has 1 aliphatic heterocycles. The number of methoxy groups -OCH3 is 2. The smallest absolute Gasteiger partial charge is 0.270 e. The monoisotopic (exact) mass is 302 g/mol. The van der Waals surface area contributed by atoms with Crippen LogP contribution in [0.2, 0.25) is 0 Å². The molecule has 1 N–H and O–H groups in total. The number of carbonyl (C=O) groups excluding carboxylic acids is 1. The van der Waals surface area contributed by atoms with E-state index in [1.807, 2.05) is 29.2 Å². The summed E-state index contributed by atoms with van der Waals surface area (Å²) in [6.45, 7) is 4.77. The first-order chi connectivity index (χ1) is 10.5. The van der Waals surface area contributed by atoms with Crippen LogP contribution in [0.1, 0.15) is 30.8 Å². The molecule has 1 aromatic heterocycles. The van der Waals surface area contributed by atoms with Crippen molar-refractivity contribution in [3.05, 3.63) is 30.0 Å². The van der Waals surface area contributed by atoms with Crippen molar-refractivity contribution in [2.24, 2.45) is 0 Å². The molecule has 0 aliphatic carbocycles. The fourth-order valence-electron chi connectivity index (χ4n) is 3.26. The number of benzene rings is 1. The highest BCUT2D eigenvalue weighted by atomic mass is 16.5. The lowest BCUT2D eigenvalue weighted by atomic mass is 10.0. The number of aromatic nitrogens is 1. The van der Waals surface area contributed by atoms with E-state index in [1.165, 1.54) is 0 Å². The van der Waals surface area contributed by atoms with Gasteiger partial charge in [0.2, 0.25) is 0 Å². The minimum Gasteiger partial charge on any atom is -0.496 e. The number of ether oxygens (including phenoxy) is 2. The van der Waals surface area contributed by atoms with Crippen molar-refractivity contribution < 1.29 is 14.3 Å². The summed E-state index contributed by atoms with van der Waals surface area (Å²) in [7, 11) is 3.33. The van der Waals surface area contributed by atoms with E-state index in [0.717, 1.165) is 23.1 Å². The Morgan fingerprint density at radius 2 is 2.14 bits per heavy atom. The minimum absolute atomic E-state index is 0.00260. The Bertz CT molecular complexity index is 705. The largest absolute Gasteiger partial charge is 0.496 e. The Morgan fingerprint density at radius 1 is 1.36 bits per heavy atom. The standard InChI is InChI=1S/C17H22N2O3/c1-17(2)9-11(21-3)10-19(17)16(20)14-8-12-13(18-14)6-5-7-15(12)22-4/h5-8,11,18H,9-10H2,1-4H3. The van der Waals surface area contributed by atoms with Crippen LogP contribution in [-0.2, 0) is 4.74 Å². The average molecular weight is 302 g/mol. The second kappa shape index (κ2) is 5.32. The summed E-state index contributed by atoms with van der Waals surface area (Å²) < 4.78 is 10.8. The van der Waals surface area contributed by atoms with Crippen LogP contribution in [0.4, 0.5) is 0 Å². The van der Waals surface area contributed by atoms with Gasteiger partial charge in [-0.05, 0) is 38.5 Å². The van der Waals surface area contributed by atoms with Crippen LogP contribution in [0.3, 0.4) is 0 Å². The van der Waals surface area contributed by atoms with Gasteiger partial charge in [0.05, 0.1) is 13.2 Å². The van der Waals surface area contributed by atoms with Crippen LogP contribution in [0.15, 0.2) is 24.3 Å². The molecule has 1 atom stereocenters. The molecule has 5 nitrogen and oxygen atoms in total. The first-order valence-corrected chi connectivity index (χ1v) is 7.47. The van der Waals surface area contributed by atoms with Crippen molar-refractivity contribution >= 4 is 16.8 Å². The lowest BCUT2D eigenvalue weighted by Crippen LogP contribution is -2.42. The number of nitrogens with zero attached hydrogens (tertiary/aromatic N) is 1. The van der Waals surface area contributed by atoms with E-state index in [0.29, 0.717) is 12.2 Å². The summed E-state index contributed by atoms with van der Waals surface area (Å²) in [5.74, 6) is 0.769. The van der Waals surface area contributed by atoms with Crippen molar-refractivity contribution in [3.63, 3.8) is 0 Å². The van der Waals surface area contributed by atoms with Crippen LogP contribution in [0.25, 0.3) is 10.9 Å². The zero-order valence-electron chi connectivity index (χ0n) is 13.5. The minimum atomic E-state index is -0.209. The highest BCUT2D eigenvalue weighted by Gasteiger charge is 2.41. The zero-order chi connectivity index (χ0) is 15.9. The van der Waals surface area contributed by atoms with E-state index in [4.69, 9.17) is 9.47 Å². The Hall–Kier alpha value is -2.01. The van der Waals surface area contributed by atoms with Crippen LogP contribution in [0, 0.1) is 0 Å². The maximum absolute atomic E-state index is 12.9. The molecule has 2 heterocycles. The molecule has 2 aromatic rings. The SMILES string of the molecule is COc1cccc2[nH]c(C(=O)N3CC(OC)CC3(C)C)cc12. The predicted molar refractivity (Wildman–Crippen MR) is 85.4 cm³/mol. The topological polar surface area (TPSA) is 54.6 Å². The third kappa shape index (κ3) is 2.35. The summed E-state index contributed by atoms with van der Waals surface area (Å²) in [6.07, 6.45) is 0.941. The molecular weight excluding hydrogens is 280 g/mol. The van der Waals surface area contributed by atoms with Gasteiger partial charge in [-0.25, -0.2) is 0 Å². The van der Waals surface area contributed by atoms with E-state index < -0.39 is 0 Å². The molecule has 0 radical (unpaired) electrons. The Labute approximate surface area is 130 Å². The average Bonchev–Trinajstić information content (AvgIpc) is 3.06. The van der Waals surface area contributed by atoms with Gasteiger partial charge in [0.25, 0.3) is 5.91 Å². The molecule has 1 fully saturated rings. The maximum Gasteiger partial charge on any atom is 0.270 e. The number of likely N-dealkylation sites (tertiary alicyclic amines) is 1. The lowest BCUT2D eigenvalue weighted by molar-refractivity contribution is 0.0622. The number of nitrogens with one attached hydrogen (secondary N) is 1.